The molecule has 0 aliphatic carbocycles. The monoisotopic (exact) mass is 232 g/mol. The first kappa shape index (κ1) is 11.8. The normalized spacial score (nSPS) is 23.4. The second-order valence-electron chi connectivity index (χ2n) is 4.49. The number of aliphatic hydroxyl groups is 1. The van der Waals surface area contributed by atoms with Crippen LogP contribution in [0.2, 0.25) is 0 Å². The lowest BCUT2D eigenvalue weighted by atomic mass is 9.99. The maximum atomic E-state index is 12.0. The molecule has 4 nitrogen and oxygen atoms in total. The lowest BCUT2D eigenvalue weighted by Gasteiger charge is -2.32. The number of hydrogen-bond donors (Lipinski definition) is 1. The molecule has 0 spiro atoms. The van der Waals surface area contributed by atoms with Crippen molar-refractivity contribution in [2.24, 2.45) is 11.0 Å². The van der Waals surface area contributed by atoms with Gasteiger partial charge in [-0.05, 0) is 0 Å². The summed E-state index contributed by atoms with van der Waals surface area (Å²) in [6, 6.07) is 9.15. The van der Waals surface area contributed by atoms with Crippen LogP contribution in [-0.2, 0) is 10.5 Å². The number of hydrogen-bond acceptors (Lipinski definition) is 3. The van der Waals surface area contributed by atoms with E-state index >= 15 is 0 Å². The first-order valence-corrected chi connectivity index (χ1v) is 5.70. The number of hydrazone groups is 1. The summed E-state index contributed by atoms with van der Waals surface area (Å²) in [7, 11) is 0. The molecule has 0 fully saturated rings. The Hall–Kier alpha value is -1.68. The molecule has 1 aliphatic heterocycles. The van der Waals surface area contributed by atoms with E-state index in [4.69, 9.17) is 0 Å². The molecule has 0 saturated carbocycles. The zero-order chi connectivity index (χ0) is 12.5. The highest BCUT2D eigenvalue weighted by molar-refractivity contribution is 5.81. The van der Waals surface area contributed by atoms with Crippen LogP contribution < -0.4 is 0 Å². The molecule has 1 heterocycles. The van der Waals surface area contributed by atoms with E-state index in [1.165, 1.54) is 5.01 Å². The first-order chi connectivity index (χ1) is 8.05. The average Bonchev–Trinajstić information content (AvgIpc) is 2.72. The van der Waals surface area contributed by atoms with E-state index < -0.39 is 5.72 Å². The van der Waals surface area contributed by atoms with E-state index in [0.717, 1.165) is 0 Å². The minimum atomic E-state index is -1.33. The highest BCUT2D eigenvalue weighted by Gasteiger charge is 2.42. The van der Waals surface area contributed by atoms with Crippen LogP contribution in [0.5, 0.6) is 0 Å². The van der Waals surface area contributed by atoms with E-state index in [9.17, 15) is 9.90 Å². The molecule has 90 valence electrons. The molecular formula is C13H16N2O2. The van der Waals surface area contributed by atoms with Crippen molar-refractivity contribution >= 4 is 12.1 Å². The highest BCUT2D eigenvalue weighted by atomic mass is 16.3. The molecule has 4 heteroatoms. The highest BCUT2D eigenvalue weighted by Crippen LogP contribution is 2.33. The van der Waals surface area contributed by atoms with E-state index in [1.807, 2.05) is 18.2 Å². The van der Waals surface area contributed by atoms with Crippen LogP contribution in [-0.4, -0.2) is 22.2 Å². The fourth-order valence-electron chi connectivity index (χ4n) is 1.86. The number of rotatable bonds is 2. The summed E-state index contributed by atoms with van der Waals surface area (Å²) < 4.78 is 0. The molecule has 1 atom stereocenters. The van der Waals surface area contributed by atoms with Crippen LogP contribution in [0.3, 0.4) is 0 Å². The molecule has 1 aliphatic rings. The third-order valence-electron chi connectivity index (χ3n) is 2.86. The van der Waals surface area contributed by atoms with Crippen LogP contribution in [0, 0.1) is 5.92 Å². The number of carbonyl (C=O) groups is 1. The van der Waals surface area contributed by atoms with E-state index in [2.05, 4.69) is 5.10 Å². The van der Waals surface area contributed by atoms with Crippen LogP contribution in [0.1, 0.15) is 25.8 Å². The predicted molar refractivity (Wildman–Crippen MR) is 65.1 cm³/mol. The van der Waals surface area contributed by atoms with Gasteiger partial charge in [-0.3, -0.25) is 4.79 Å². The van der Waals surface area contributed by atoms with Crippen molar-refractivity contribution in [2.45, 2.75) is 26.0 Å². The van der Waals surface area contributed by atoms with Crippen molar-refractivity contribution in [3.05, 3.63) is 35.9 Å². The van der Waals surface area contributed by atoms with Gasteiger partial charge in [0, 0.05) is 24.1 Å². The number of benzene rings is 1. The van der Waals surface area contributed by atoms with Crippen molar-refractivity contribution in [1.82, 2.24) is 5.01 Å². The third-order valence-corrected chi connectivity index (χ3v) is 2.86. The quantitative estimate of drug-likeness (QED) is 0.843. The summed E-state index contributed by atoms with van der Waals surface area (Å²) in [5.41, 5.74) is -0.644. The van der Waals surface area contributed by atoms with Gasteiger partial charge in [0.25, 0.3) is 0 Å². The summed E-state index contributed by atoms with van der Waals surface area (Å²) in [6.07, 6.45) is 1.91. The van der Waals surface area contributed by atoms with Gasteiger partial charge in [-0.25, -0.2) is 0 Å². The SMILES string of the molecule is CC(C)C(=O)N1N=CC[C@]1(O)c1ccccc1. The van der Waals surface area contributed by atoms with Crippen LogP contribution >= 0.6 is 0 Å². The molecule has 1 aromatic carbocycles. The molecule has 1 N–H and O–H groups in total. The van der Waals surface area contributed by atoms with Gasteiger partial charge < -0.3 is 5.11 Å². The topological polar surface area (TPSA) is 52.9 Å². The largest absolute Gasteiger partial charge is 0.365 e. The van der Waals surface area contributed by atoms with Crippen molar-refractivity contribution in [3.63, 3.8) is 0 Å². The van der Waals surface area contributed by atoms with Crippen LogP contribution in [0.15, 0.2) is 35.4 Å². The molecule has 17 heavy (non-hydrogen) atoms. The van der Waals surface area contributed by atoms with Crippen molar-refractivity contribution in [1.29, 1.82) is 0 Å². The number of amides is 1. The summed E-state index contributed by atoms with van der Waals surface area (Å²) in [5, 5.41) is 15.8. The molecule has 1 amide bonds. The van der Waals surface area contributed by atoms with Crippen LogP contribution in [0.4, 0.5) is 0 Å². The zero-order valence-electron chi connectivity index (χ0n) is 10.00. The van der Waals surface area contributed by atoms with Crippen molar-refractivity contribution < 1.29 is 9.90 Å². The van der Waals surface area contributed by atoms with Gasteiger partial charge in [-0.1, -0.05) is 44.2 Å². The Bertz CT molecular complexity index is 442. The van der Waals surface area contributed by atoms with E-state index in [-0.39, 0.29) is 11.8 Å². The van der Waals surface area contributed by atoms with Gasteiger partial charge in [-0.15, -0.1) is 0 Å². The van der Waals surface area contributed by atoms with Gasteiger partial charge >= 0.3 is 0 Å². The Morgan fingerprint density at radius 1 is 1.41 bits per heavy atom. The predicted octanol–water partition coefficient (Wildman–Crippen LogP) is 1.71. The second-order valence-corrected chi connectivity index (χ2v) is 4.49. The van der Waals surface area contributed by atoms with Gasteiger partial charge in [0.1, 0.15) is 0 Å². The average molecular weight is 232 g/mol. The van der Waals surface area contributed by atoms with Gasteiger partial charge in [-0.2, -0.15) is 10.1 Å². The maximum absolute atomic E-state index is 12.0. The van der Waals surface area contributed by atoms with E-state index in [1.54, 1.807) is 32.2 Å². The Morgan fingerprint density at radius 3 is 2.65 bits per heavy atom. The van der Waals surface area contributed by atoms with Crippen molar-refractivity contribution in [2.75, 3.05) is 0 Å². The molecule has 0 aromatic heterocycles. The smallest absolute Gasteiger partial charge is 0.248 e. The fraction of sp³-hybridized carbons (Fsp3) is 0.385. The molecule has 0 saturated heterocycles. The minimum Gasteiger partial charge on any atom is -0.365 e. The lowest BCUT2D eigenvalue weighted by Crippen LogP contribution is -2.45. The second kappa shape index (κ2) is 4.30. The molecule has 0 bridgehead atoms. The Kier molecular flexibility index (Phi) is 2.98. The molecule has 0 unspecified atom stereocenters. The zero-order valence-corrected chi connectivity index (χ0v) is 10.00. The summed E-state index contributed by atoms with van der Waals surface area (Å²) in [6.45, 7) is 3.59. The van der Waals surface area contributed by atoms with Gasteiger partial charge in [0.05, 0.1) is 0 Å². The molecular weight excluding hydrogens is 216 g/mol. The fourth-order valence-corrected chi connectivity index (χ4v) is 1.86. The maximum Gasteiger partial charge on any atom is 0.248 e. The van der Waals surface area contributed by atoms with Gasteiger partial charge in [0.15, 0.2) is 5.72 Å². The summed E-state index contributed by atoms with van der Waals surface area (Å²) in [4.78, 5) is 12.0. The lowest BCUT2D eigenvalue weighted by molar-refractivity contribution is -0.161. The molecule has 1 aromatic rings. The van der Waals surface area contributed by atoms with E-state index in [0.29, 0.717) is 12.0 Å². The van der Waals surface area contributed by atoms with Crippen LogP contribution in [0.25, 0.3) is 0 Å². The minimum absolute atomic E-state index is 0.176. The third kappa shape index (κ3) is 1.96. The standard InChI is InChI=1S/C13H16N2O2/c1-10(2)12(16)15-13(17,8-9-14-15)11-6-4-3-5-7-11/h3-7,9-10,17H,8H2,1-2H3/t13-/m0/s1. The number of nitrogens with zero attached hydrogens (tertiary/aromatic N) is 2. The summed E-state index contributed by atoms with van der Waals surface area (Å²) >= 11 is 0. The van der Waals surface area contributed by atoms with Crippen molar-refractivity contribution in [3.8, 4) is 0 Å². The molecule has 2 rings (SSSR count). The number of carbonyl (C=O) groups excluding carboxylic acids is 1. The Labute approximate surface area is 101 Å². The van der Waals surface area contributed by atoms with Gasteiger partial charge in [0.2, 0.25) is 5.91 Å². The Balaban J connectivity index is 2.35. The molecule has 0 radical (unpaired) electrons. The first-order valence-electron chi connectivity index (χ1n) is 5.70. The summed E-state index contributed by atoms with van der Waals surface area (Å²) in [5.74, 6) is -0.370. The Morgan fingerprint density at radius 2 is 2.06 bits per heavy atom.